The van der Waals surface area contributed by atoms with Gasteiger partial charge >= 0.3 is 0 Å². The molecule has 1 aliphatic rings. The van der Waals surface area contributed by atoms with E-state index in [4.69, 9.17) is 0 Å². The number of rotatable bonds is 5. The standard InChI is InChI=1S/C18H26N2O2/c1-3-9-17(21)19-16-13-8-7-12-15(16)18(22)20(2)14-10-5-4-6-11-14/h7-8,12-14H,3-6,9-11H2,1-2H3,(H,19,21). The van der Waals surface area contributed by atoms with Crippen LogP contribution in [0, 0.1) is 0 Å². The van der Waals surface area contributed by atoms with Crippen LogP contribution in [0.5, 0.6) is 0 Å². The maximum absolute atomic E-state index is 12.8. The van der Waals surface area contributed by atoms with Gasteiger partial charge in [0.1, 0.15) is 0 Å². The Kier molecular flexibility index (Phi) is 5.99. The summed E-state index contributed by atoms with van der Waals surface area (Å²) in [5, 5.41) is 2.86. The van der Waals surface area contributed by atoms with Crippen LogP contribution in [0.1, 0.15) is 62.2 Å². The minimum Gasteiger partial charge on any atom is -0.339 e. The van der Waals surface area contributed by atoms with E-state index in [1.54, 1.807) is 12.1 Å². The highest BCUT2D eigenvalue weighted by atomic mass is 16.2. The zero-order valence-corrected chi connectivity index (χ0v) is 13.6. The Hall–Kier alpha value is -1.84. The Bertz CT molecular complexity index is 522. The normalized spacial score (nSPS) is 15.4. The van der Waals surface area contributed by atoms with Crippen molar-refractivity contribution >= 4 is 17.5 Å². The number of amides is 2. The highest BCUT2D eigenvalue weighted by Crippen LogP contribution is 2.25. The smallest absolute Gasteiger partial charge is 0.255 e. The van der Waals surface area contributed by atoms with Crippen molar-refractivity contribution in [2.75, 3.05) is 12.4 Å². The third kappa shape index (κ3) is 4.09. The van der Waals surface area contributed by atoms with Crippen molar-refractivity contribution in [3.63, 3.8) is 0 Å². The molecule has 4 nitrogen and oxygen atoms in total. The van der Waals surface area contributed by atoms with Crippen LogP contribution < -0.4 is 5.32 Å². The predicted octanol–water partition coefficient (Wildman–Crippen LogP) is 3.83. The van der Waals surface area contributed by atoms with E-state index < -0.39 is 0 Å². The average molecular weight is 302 g/mol. The highest BCUT2D eigenvalue weighted by Gasteiger charge is 2.24. The number of para-hydroxylation sites is 1. The topological polar surface area (TPSA) is 49.4 Å². The van der Waals surface area contributed by atoms with Gasteiger partial charge in [0, 0.05) is 19.5 Å². The second-order valence-corrected chi connectivity index (χ2v) is 6.05. The van der Waals surface area contributed by atoms with Gasteiger partial charge < -0.3 is 10.2 Å². The minimum atomic E-state index is -0.0388. The summed E-state index contributed by atoms with van der Waals surface area (Å²) in [6.45, 7) is 1.97. The fraction of sp³-hybridized carbons (Fsp3) is 0.556. The van der Waals surface area contributed by atoms with Crippen molar-refractivity contribution in [3.8, 4) is 0 Å². The van der Waals surface area contributed by atoms with Crippen LogP contribution in [-0.4, -0.2) is 29.8 Å². The number of benzene rings is 1. The monoisotopic (exact) mass is 302 g/mol. The summed E-state index contributed by atoms with van der Waals surface area (Å²) in [7, 11) is 1.88. The molecule has 1 aliphatic carbocycles. The van der Waals surface area contributed by atoms with E-state index in [0.29, 0.717) is 23.7 Å². The second-order valence-electron chi connectivity index (χ2n) is 6.05. The third-order valence-electron chi connectivity index (χ3n) is 4.35. The number of nitrogens with one attached hydrogen (secondary N) is 1. The van der Waals surface area contributed by atoms with Crippen LogP contribution in [0.15, 0.2) is 24.3 Å². The Balaban J connectivity index is 2.13. The maximum atomic E-state index is 12.8. The van der Waals surface area contributed by atoms with E-state index in [1.807, 2.05) is 31.0 Å². The first-order valence-corrected chi connectivity index (χ1v) is 8.29. The fourth-order valence-corrected chi connectivity index (χ4v) is 3.04. The van der Waals surface area contributed by atoms with E-state index in [1.165, 1.54) is 19.3 Å². The molecule has 0 bridgehead atoms. The van der Waals surface area contributed by atoms with E-state index in [-0.39, 0.29) is 11.8 Å². The zero-order valence-electron chi connectivity index (χ0n) is 13.6. The lowest BCUT2D eigenvalue weighted by molar-refractivity contribution is -0.116. The molecule has 1 fully saturated rings. The largest absolute Gasteiger partial charge is 0.339 e. The van der Waals surface area contributed by atoms with Crippen molar-refractivity contribution < 1.29 is 9.59 Å². The first kappa shape index (κ1) is 16.5. The lowest BCUT2D eigenvalue weighted by Crippen LogP contribution is -2.38. The molecule has 1 aromatic rings. The highest BCUT2D eigenvalue weighted by molar-refractivity contribution is 6.03. The van der Waals surface area contributed by atoms with Gasteiger partial charge in [0.25, 0.3) is 5.91 Å². The zero-order chi connectivity index (χ0) is 15.9. The summed E-state index contributed by atoms with van der Waals surface area (Å²) in [5.41, 5.74) is 1.20. The van der Waals surface area contributed by atoms with Crippen LogP contribution in [-0.2, 0) is 4.79 Å². The average Bonchev–Trinajstić information content (AvgIpc) is 2.55. The minimum absolute atomic E-state index is 0.000650. The molecular formula is C18H26N2O2. The molecule has 0 aliphatic heterocycles. The van der Waals surface area contributed by atoms with Gasteiger partial charge in [0.2, 0.25) is 5.91 Å². The molecule has 1 aromatic carbocycles. The Morgan fingerprint density at radius 2 is 1.86 bits per heavy atom. The molecule has 0 atom stereocenters. The van der Waals surface area contributed by atoms with E-state index in [2.05, 4.69) is 5.32 Å². The molecule has 0 radical (unpaired) electrons. The molecule has 2 rings (SSSR count). The van der Waals surface area contributed by atoms with Gasteiger partial charge in [-0.3, -0.25) is 9.59 Å². The molecule has 0 heterocycles. The summed E-state index contributed by atoms with van der Waals surface area (Å²) in [6.07, 6.45) is 7.07. The molecule has 1 N–H and O–H groups in total. The van der Waals surface area contributed by atoms with Gasteiger partial charge in [-0.25, -0.2) is 0 Å². The molecule has 120 valence electrons. The number of hydrogen-bond donors (Lipinski definition) is 1. The molecule has 0 spiro atoms. The molecule has 0 unspecified atom stereocenters. The van der Waals surface area contributed by atoms with Gasteiger partial charge in [-0.2, -0.15) is 0 Å². The van der Waals surface area contributed by atoms with E-state index in [0.717, 1.165) is 19.3 Å². The Morgan fingerprint density at radius 1 is 1.18 bits per heavy atom. The predicted molar refractivity (Wildman–Crippen MR) is 88.9 cm³/mol. The molecule has 0 saturated heterocycles. The number of nitrogens with zero attached hydrogens (tertiary/aromatic N) is 1. The number of carbonyl (C=O) groups excluding carboxylic acids is 2. The second kappa shape index (κ2) is 7.97. The molecule has 4 heteroatoms. The lowest BCUT2D eigenvalue weighted by atomic mass is 9.94. The van der Waals surface area contributed by atoms with Gasteiger partial charge in [-0.05, 0) is 31.4 Å². The fourth-order valence-electron chi connectivity index (χ4n) is 3.04. The van der Waals surface area contributed by atoms with Crippen LogP contribution in [0.3, 0.4) is 0 Å². The number of hydrogen-bond acceptors (Lipinski definition) is 2. The summed E-state index contributed by atoms with van der Waals surface area (Å²) < 4.78 is 0. The van der Waals surface area contributed by atoms with Crippen molar-refractivity contribution in [1.82, 2.24) is 4.90 Å². The first-order valence-electron chi connectivity index (χ1n) is 8.29. The lowest BCUT2D eigenvalue weighted by Gasteiger charge is -2.31. The molecule has 2 amide bonds. The van der Waals surface area contributed by atoms with Gasteiger partial charge in [-0.1, -0.05) is 38.3 Å². The van der Waals surface area contributed by atoms with Gasteiger partial charge in [0.15, 0.2) is 0 Å². The summed E-state index contributed by atoms with van der Waals surface area (Å²) in [5.74, 6) is -0.0395. The van der Waals surface area contributed by atoms with Crippen LogP contribution in [0.25, 0.3) is 0 Å². The Morgan fingerprint density at radius 3 is 2.55 bits per heavy atom. The maximum Gasteiger partial charge on any atom is 0.255 e. The molecule has 0 aromatic heterocycles. The van der Waals surface area contributed by atoms with Crippen molar-refractivity contribution in [3.05, 3.63) is 29.8 Å². The molecular weight excluding hydrogens is 276 g/mol. The third-order valence-corrected chi connectivity index (χ3v) is 4.35. The van der Waals surface area contributed by atoms with Gasteiger partial charge in [-0.15, -0.1) is 0 Å². The van der Waals surface area contributed by atoms with Crippen LogP contribution >= 0.6 is 0 Å². The van der Waals surface area contributed by atoms with Crippen LogP contribution in [0.2, 0.25) is 0 Å². The summed E-state index contributed by atoms with van der Waals surface area (Å²) in [4.78, 5) is 26.5. The quantitative estimate of drug-likeness (QED) is 0.898. The van der Waals surface area contributed by atoms with Crippen LogP contribution in [0.4, 0.5) is 5.69 Å². The molecule has 22 heavy (non-hydrogen) atoms. The summed E-state index contributed by atoms with van der Waals surface area (Å²) >= 11 is 0. The number of carbonyl (C=O) groups is 2. The Labute approximate surface area is 132 Å². The van der Waals surface area contributed by atoms with E-state index >= 15 is 0 Å². The number of anilines is 1. The van der Waals surface area contributed by atoms with Crippen molar-refractivity contribution in [1.29, 1.82) is 0 Å². The van der Waals surface area contributed by atoms with Gasteiger partial charge in [0.05, 0.1) is 11.3 Å². The SMILES string of the molecule is CCCC(=O)Nc1ccccc1C(=O)N(C)C1CCCCC1. The van der Waals surface area contributed by atoms with E-state index in [9.17, 15) is 9.59 Å². The van der Waals surface area contributed by atoms with Crippen molar-refractivity contribution in [2.24, 2.45) is 0 Å². The first-order chi connectivity index (χ1) is 10.6. The van der Waals surface area contributed by atoms with Crippen molar-refractivity contribution in [2.45, 2.75) is 57.9 Å². The molecule has 1 saturated carbocycles. The summed E-state index contributed by atoms with van der Waals surface area (Å²) in [6, 6.07) is 7.61.